The van der Waals surface area contributed by atoms with Gasteiger partial charge >= 0.3 is 0 Å². The highest BCUT2D eigenvalue weighted by atomic mass is 19.1. The summed E-state index contributed by atoms with van der Waals surface area (Å²) in [4.78, 5) is 0. The Bertz CT molecular complexity index is 344. The SMILES string of the molecule is CCC(CC)(OC)C(O)c1cc(C)cc(F)c1. The van der Waals surface area contributed by atoms with E-state index in [1.165, 1.54) is 12.1 Å². The number of aliphatic hydroxyl groups excluding tert-OH is 1. The van der Waals surface area contributed by atoms with Crippen LogP contribution in [0.5, 0.6) is 0 Å². The van der Waals surface area contributed by atoms with Crippen LogP contribution in [-0.4, -0.2) is 17.8 Å². The number of hydrogen-bond acceptors (Lipinski definition) is 2. The number of hydrogen-bond donors (Lipinski definition) is 1. The molecule has 0 aliphatic carbocycles. The van der Waals surface area contributed by atoms with Crippen molar-refractivity contribution in [1.82, 2.24) is 0 Å². The van der Waals surface area contributed by atoms with E-state index < -0.39 is 11.7 Å². The Kier molecular flexibility index (Phi) is 4.66. The maximum atomic E-state index is 13.3. The van der Waals surface area contributed by atoms with Gasteiger partial charge in [0.25, 0.3) is 0 Å². The highest BCUT2D eigenvalue weighted by Crippen LogP contribution is 2.35. The normalized spacial score (nSPS) is 13.8. The van der Waals surface area contributed by atoms with E-state index >= 15 is 0 Å². The molecule has 0 radical (unpaired) electrons. The van der Waals surface area contributed by atoms with Crippen LogP contribution in [0.25, 0.3) is 0 Å². The summed E-state index contributed by atoms with van der Waals surface area (Å²) >= 11 is 0. The molecule has 0 amide bonds. The maximum absolute atomic E-state index is 13.3. The van der Waals surface area contributed by atoms with Gasteiger partial charge in [-0.05, 0) is 43.0 Å². The van der Waals surface area contributed by atoms with Crippen LogP contribution in [0.2, 0.25) is 0 Å². The molecule has 1 atom stereocenters. The molecule has 0 spiro atoms. The van der Waals surface area contributed by atoms with Crippen molar-refractivity contribution in [2.45, 2.75) is 45.3 Å². The number of aliphatic hydroxyl groups is 1. The first-order chi connectivity index (χ1) is 7.99. The molecule has 0 fully saturated rings. The Morgan fingerprint density at radius 1 is 1.29 bits per heavy atom. The first kappa shape index (κ1) is 14.1. The summed E-state index contributed by atoms with van der Waals surface area (Å²) in [5.74, 6) is -0.323. The van der Waals surface area contributed by atoms with Gasteiger partial charge < -0.3 is 9.84 Å². The molecule has 1 rings (SSSR count). The molecule has 1 aromatic rings. The number of rotatable bonds is 5. The number of halogens is 1. The average Bonchev–Trinajstić information content (AvgIpc) is 2.30. The molecule has 1 unspecified atom stereocenters. The highest BCUT2D eigenvalue weighted by Gasteiger charge is 2.35. The third-order valence-electron chi connectivity index (χ3n) is 3.48. The van der Waals surface area contributed by atoms with Crippen LogP contribution >= 0.6 is 0 Å². The molecule has 1 N–H and O–H groups in total. The molecule has 0 saturated heterocycles. The van der Waals surface area contributed by atoms with Crippen molar-refractivity contribution in [2.75, 3.05) is 7.11 Å². The van der Waals surface area contributed by atoms with Crippen LogP contribution < -0.4 is 0 Å². The highest BCUT2D eigenvalue weighted by molar-refractivity contribution is 5.27. The van der Waals surface area contributed by atoms with Crippen LogP contribution in [0.3, 0.4) is 0 Å². The minimum Gasteiger partial charge on any atom is -0.385 e. The molecule has 2 nitrogen and oxygen atoms in total. The molecule has 17 heavy (non-hydrogen) atoms. The fraction of sp³-hybridized carbons (Fsp3) is 0.571. The van der Waals surface area contributed by atoms with Gasteiger partial charge in [-0.15, -0.1) is 0 Å². The van der Waals surface area contributed by atoms with Gasteiger partial charge in [-0.3, -0.25) is 0 Å². The molecule has 0 aliphatic rings. The topological polar surface area (TPSA) is 29.5 Å². The minimum atomic E-state index is -0.808. The predicted molar refractivity (Wildman–Crippen MR) is 66.4 cm³/mol. The Morgan fingerprint density at radius 2 is 1.88 bits per heavy atom. The molecular weight excluding hydrogens is 219 g/mol. The lowest BCUT2D eigenvalue weighted by molar-refractivity contribution is -0.110. The van der Waals surface area contributed by atoms with Crippen molar-refractivity contribution in [3.8, 4) is 0 Å². The number of ether oxygens (including phenoxy) is 1. The zero-order chi connectivity index (χ0) is 13.1. The summed E-state index contributed by atoms with van der Waals surface area (Å²) in [6, 6.07) is 4.62. The van der Waals surface area contributed by atoms with Crippen molar-refractivity contribution in [3.63, 3.8) is 0 Å². The van der Waals surface area contributed by atoms with Gasteiger partial charge in [0.1, 0.15) is 11.9 Å². The Labute approximate surface area is 102 Å². The number of benzene rings is 1. The fourth-order valence-corrected chi connectivity index (χ4v) is 2.26. The number of methoxy groups -OCH3 is 1. The van der Waals surface area contributed by atoms with E-state index in [4.69, 9.17) is 4.74 Å². The molecule has 1 aromatic carbocycles. The molecule has 3 heteroatoms. The number of aryl methyl sites for hydroxylation is 1. The maximum Gasteiger partial charge on any atom is 0.123 e. The first-order valence-electron chi connectivity index (χ1n) is 5.99. The van der Waals surface area contributed by atoms with Crippen LogP contribution in [0.1, 0.15) is 43.9 Å². The average molecular weight is 240 g/mol. The summed E-state index contributed by atoms with van der Waals surface area (Å²) in [6.45, 7) is 5.73. The summed E-state index contributed by atoms with van der Waals surface area (Å²) in [5.41, 5.74) is 0.740. The second-order valence-corrected chi connectivity index (χ2v) is 4.44. The van der Waals surface area contributed by atoms with Crippen molar-refractivity contribution in [3.05, 3.63) is 35.1 Å². The standard InChI is InChI=1S/C14H21FO2/c1-5-14(6-2,17-4)13(16)11-7-10(3)8-12(15)9-11/h7-9,13,16H,5-6H2,1-4H3. The van der Waals surface area contributed by atoms with Crippen LogP contribution in [0.15, 0.2) is 18.2 Å². The predicted octanol–water partition coefficient (Wildman–Crippen LogP) is 3.37. The summed E-state index contributed by atoms with van der Waals surface area (Å²) in [7, 11) is 1.59. The van der Waals surface area contributed by atoms with E-state index in [1.54, 1.807) is 13.2 Å². The smallest absolute Gasteiger partial charge is 0.123 e. The van der Waals surface area contributed by atoms with Crippen LogP contribution in [-0.2, 0) is 4.74 Å². The monoisotopic (exact) mass is 240 g/mol. The third kappa shape index (κ3) is 2.85. The minimum absolute atomic E-state index is 0.323. The Morgan fingerprint density at radius 3 is 2.29 bits per heavy atom. The first-order valence-corrected chi connectivity index (χ1v) is 5.99. The third-order valence-corrected chi connectivity index (χ3v) is 3.48. The molecular formula is C14H21FO2. The van der Waals surface area contributed by atoms with Gasteiger partial charge in [-0.2, -0.15) is 0 Å². The van der Waals surface area contributed by atoms with E-state index in [-0.39, 0.29) is 5.82 Å². The molecule has 96 valence electrons. The molecule has 0 saturated carbocycles. The second-order valence-electron chi connectivity index (χ2n) is 4.44. The largest absolute Gasteiger partial charge is 0.385 e. The van der Waals surface area contributed by atoms with E-state index in [0.29, 0.717) is 18.4 Å². The van der Waals surface area contributed by atoms with Crippen molar-refractivity contribution in [2.24, 2.45) is 0 Å². The van der Waals surface area contributed by atoms with Gasteiger partial charge in [0.05, 0.1) is 5.60 Å². The molecule has 0 aromatic heterocycles. The van der Waals surface area contributed by atoms with Crippen molar-refractivity contribution in [1.29, 1.82) is 0 Å². The van der Waals surface area contributed by atoms with E-state index in [9.17, 15) is 9.50 Å². The van der Waals surface area contributed by atoms with Gasteiger partial charge in [0, 0.05) is 7.11 Å². The molecule has 0 bridgehead atoms. The lowest BCUT2D eigenvalue weighted by Crippen LogP contribution is -2.37. The van der Waals surface area contributed by atoms with Gasteiger partial charge in [-0.1, -0.05) is 19.9 Å². The lowest BCUT2D eigenvalue weighted by Gasteiger charge is -2.35. The van der Waals surface area contributed by atoms with E-state index in [2.05, 4.69) is 0 Å². The van der Waals surface area contributed by atoms with Gasteiger partial charge in [-0.25, -0.2) is 4.39 Å². The van der Waals surface area contributed by atoms with Gasteiger partial charge in [0.15, 0.2) is 0 Å². The fourth-order valence-electron chi connectivity index (χ4n) is 2.26. The zero-order valence-electron chi connectivity index (χ0n) is 11.0. The lowest BCUT2D eigenvalue weighted by atomic mass is 9.85. The van der Waals surface area contributed by atoms with Crippen molar-refractivity contribution < 1.29 is 14.2 Å². The zero-order valence-corrected chi connectivity index (χ0v) is 11.0. The summed E-state index contributed by atoms with van der Waals surface area (Å²) in [5, 5.41) is 10.4. The Hall–Kier alpha value is -0.930. The van der Waals surface area contributed by atoms with Crippen LogP contribution in [0.4, 0.5) is 4.39 Å². The Balaban J connectivity index is 3.13. The second kappa shape index (κ2) is 5.61. The summed E-state index contributed by atoms with van der Waals surface area (Å²) < 4.78 is 18.8. The molecule has 0 aliphatic heterocycles. The summed E-state index contributed by atoms with van der Waals surface area (Å²) in [6.07, 6.45) is 0.546. The van der Waals surface area contributed by atoms with Crippen molar-refractivity contribution >= 4 is 0 Å². The molecule has 0 heterocycles. The van der Waals surface area contributed by atoms with E-state index in [0.717, 1.165) is 5.56 Å². The van der Waals surface area contributed by atoms with Gasteiger partial charge in [0.2, 0.25) is 0 Å². The quantitative estimate of drug-likeness (QED) is 0.855. The van der Waals surface area contributed by atoms with E-state index in [1.807, 2.05) is 20.8 Å². The van der Waals surface area contributed by atoms with Crippen LogP contribution in [0, 0.1) is 12.7 Å².